The Morgan fingerprint density at radius 3 is 2.63 bits per heavy atom. The van der Waals surface area contributed by atoms with E-state index in [1.54, 1.807) is 0 Å². The van der Waals surface area contributed by atoms with E-state index in [-0.39, 0.29) is 12.5 Å². The molecule has 1 amide bonds. The van der Waals surface area contributed by atoms with Crippen molar-refractivity contribution in [1.29, 1.82) is 0 Å². The van der Waals surface area contributed by atoms with Gasteiger partial charge in [0.2, 0.25) is 5.91 Å². The Hall–Kier alpha value is -2.14. The smallest absolute Gasteiger partial charge is 0.238 e. The third-order valence-electron chi connectivity index (χ3n) is 2.83. The van der Waals surface area contributed by atoms with Crippen LogP contribution in [0.2, 0.25) is 0 Å². The molecule has 0 aliphatic rings. The maximum atomic E-state index is 11.7. The Morgan fingerprint density at radius 1 is 1.26 bits per heavy atom. The summed E-state index contributed by atoms with van der Waals surface area (Å²) < 4.78 is 5.06. The number of anilines is 1. The van der Waals surface area contributed by atoms with E-state index in [4.69, 9.17) is 4.52 Å². The number of nitrogens with zero attached hydrogens (tertiary/aromatic N) is 1. The first kappa shape index (κ1) is 13.3. The Morgan fingerprint density at radius 2 is 2.00 bits per heavy atom. The van der Waals surface area contributed by atoms with Crippen LogP contribution in [0, 0.1) is 13.8 Å². The normalized spacial score (nSPS) is 10.4. The highest BCUT2D eigenvalue weighted by Crippen LogP contribution is 2.11. The van der Waals surface area contributed by atoms with Gasteiger partial charge in [0.15, 0.2) is 0 Å². The van der Waals surface area contributed by atoms with E-state index in [2.05, 4.69) is 15.8 Å². The van der Waals surface area contributed by atoms with Gasteiger partial charge in [0.05, 0.1) is 12.2 Å². The third-order valence-corrected chi connectivity index (χ3v) is 2.83. The van der Waals surface area contributed by atoms with Crippen molar-refractivity contribution in [2.45, 2.75) is 20.4 Å². The van der Waals surface area contributed by atoms with Gasteiger partial charge in [-0.15, -0.1) is 0 Å². The van der Waals surface area contributed by atoms with Crippen LogP contribution in [0.1, 0.15) is 17.0 Å². The Labute approximate surface area is 112 Å². The van der Waals surface area contributed by atoms with Crippen LogP contribution in [0.25, 0.3) is 0 Å². The molecule has 2 rings (SSSR count). The Kier molecular flexibility index (Phi) is 4.30. The van der Waals surface area contributed by atoms with Crippen LogP contribution in [0.15, 0.2) is 34.9 Å². The van der Waals surface area contributed by atoms with Crippen molar-refractivity contribution in [3.63, 3.8) is 0 Å². The summed E-state index contributed by atoms with van der Waals surface area (Å²) in [5, 5.41) is 9.75. The molecule has 2 N–H and O–H groups in total. The molecular weight excluding hydrogens is 242 g/mol. The van der Waals surface area contributed by atoms with Crippen molar-refractivity contribution in [3.05, 3.63) is 47.3 Å². The van der Waals surface area contributed by atoms with Crippen LogP contribution in [0.5, 0.6) is 0 Å². The first-order valence-electron chi connectivity index (χ1n) is 6.14. The maximum Gasteiger partial charge on any atom is 0.238 e. The second kappa shape index (κ2) is 6.15. The fourth-order valence-electron chi connectivity index (χ4n) is 1.78. The highest BCUT2D eigenvalue weighted by atomic mass is 16.5. The summed E-state index contributed by atoms with van der Waals surface area (Å²) in [5.74, 6) is 0.714. The van der Waals surface area contributed by atoms with Crippen LogP contribution >= 0.6 is 0 Å². The van der Waals surface area contributed by atoms with Gasteiger partial charge in [0.25, 0.3) is 0 Å². The lowest BCUT2D eigenvalue weighted by molar-refractivity contribution is -0.115. The van der Waals surface area contributed by atoms with Gasteiger partial charge < -0.3 is 15.2 Å². The lowest BCUT2D eigenvalue weighted by Gasteiger charge is -2.06. The molecular formula is C14H17N3O2. The van der Waals surface area contributed by atoms with E-state index in [1.165, 1.54) is 0 Å². The number of aryl methyl sites for hydroxylation is 2. The van der Waals surface area contributed by atoms with E-state index >= 15 is 0 Å². The van der Waals surface area contributed by atoms with Crippen molar-refractivity contribution in [2.75, 3.05) is 11.9 Å². The maximum absolute atomic E-state index is 11.7. The van der Waals surface area contributed by atoms with E-state index in [0.29, 0.717) is 6.54 Å². The monoisotopic (exact) mass is 259 g/mol. The number of rotatable bonds is 5. The largest absolute Gasteiger partial charge is 0.361 e. The van der Waals surface area contributed by atoms with Crippen molar-refractivity contribution in [1.82, 2.24) is 10.5 Å². The number of aromatic nitrogens is 1. The van der Waals surface area contributed by atoms with E-state index in [9.17, 15) is 4.79 Å². The molecule has 5 heteroatoms. The van der Waals surface area contributed by atoms with E-state index in [1.807, 2.05) is 44.2 Å². The Balaban J connectivity index is 1.79. The zero-order chi connectivity index (χ0) is 13.7. The highest BCUT2D eigenvalue weighted by Gasteiger charge is 2.09. The number of amides is 1. The van der Waals surface area contributed by atoms with Gasteiger partial charge in [-0.1, -0.05) is 23.4 Å². The van der Waals surface area contributed by atoms with Gasteiger partial charge in [-0.05, 0) is 26.0 Å². The van der Waals surface area contributed by atoms with Crippen molar-refractivity contribution >= 4 is 11.6 Å². The van der Waals surface area contributed by atoms with E-state index in [0.717, 1.165) is 22.7 Å². The molecule has 0 saturated carbocycles. The van der Waals surface area contributed by atoms with Crippen LogP contribution in [-0.4, -0.2) is 17.6 Å². The van der Waals surface area contributed by atoms with Gasteiger partial charge in [-0.25, -0.2) is 0 Å². The second-order valence-corrected chi connectivity index (χ2v) is 4.32. The molecule has 1 heterocycles. The summed E-state index contributed by atoms with van der Waals surface area (Å²) in [4.78, 5) is 11.7. The number of nitrogens with one attached hydrogen (secondary N) is 2. The number of carbonyl (C=O) groups is 1. The minimum atomic E-state index is -0.0713. The fourth-order valence-corrected chi connectivity index (χ4v) is 1.78. The fraction of sp³-hybridized carbons (Fsp3) is 0.286. The summed E-state index contributed by atoms with van der Waals surface area (Å²) in [6.07, 6.45) is 0. The number of carbonyl (C=O) groups excluding carboxylic acids is 1. The summed E-state index contributed by atoms with van der Waals surface area (Å²) in [6.45, 7) is 4.57. The minimum Gasteiger partial charge on any atom is -0.361 e. The van der Waals surface area contributed by atoms with Gasteiger partial charge in [-0.3, -0.25) is 4.79 Å². The molecule has 0 atom stereocenters. The minimum absolute atomic E-state index is 0.0713. The average molecular weight is 259 g/mol. The lowest BCUT2D eigenvalue weighted by atomic mass is 10.2. The first-order valence-corrected chi connectivity index (χ1v) is 6.14. The SMILES string of the molecule is Cc1noc(C)c1CNCC(=O)Nc1ccccc1. The molecule has 0 aliphatic carbocycles. The first-order chi connectivity index (χ1) is 9.16. The molecule has 0 unspecified atom stereocenters. The molecule has 0 radical (unpaired) electrons. The lowest BCUT2D eigenvalue weighted by Crippen LogP contribution is -2.27. The zero-order valence-electron chi connectivity index (χ0n) is 11.1. The second-order valence-electron chi connectivity index (χ2n) is 4.32. The van der Waals surface area contributed by atoms with Crippen LogP contribution in [0.3, 0.4) is 0 Å². The Bertz CT molecular complexity index is 530. The van der Waals surface area contributed by atoms with Gasteiger partial charge in [-0.2, -0.15) is 0 Å². The van der Waals surface area contributed by atoms with Gasteiger partial charge in [0.1, 0.15) is 5.76 Å². The molecule has 0 saturated heterocycles. The van der Waals surface area contributed by atoms with Crippen molar-refractivity contribution < 1.29 is 9.32 Å². The third kappa shape index (κ3) is 3.66. The average Bonchev–Trinajstić information content (AvgIpc) is 2.71. The molecule has 0 fully saturated rings. The standard InChI is InChI=1S/C14H17N3O2/c1-10-13(11(2)19-17-10)8-15-9-14(18)16-12-6-4-3-5-7-12/h3-7,15H,8-9H2,1-2H3,(H,16,18). The van der Waals surface area contributed by atoms with Gasteiger partial charge in [0, 0.05) is 17.8 Å². The summed E-state index contributed by atoms with van der Waals surface area (Å²) in [5.41, 5.74) is 2.66. The molecule has 19 heavy (non-hydrogen) atoms. The zero-order valence-corrected chi connectivity index (χ0v) is 11.1. The highest BCUT2D eigenvalue weighted by molar-refractivity contribution is 5.92. The topological polar surface area (TPSA) is 67.2 Å². The molecule has 0 bridgehead atoms. The van der Waals surface area contributed by atoms with Crippen LogP contribution in [0.4, 0.5) is 5.69 Å². The number of para-hydroxylation sites is 1. The molecule has 0 spiro atoms. The molecule has 5 nitrogen and oxygen atoms in total. The quantitative estimate of drug-likeness (QED) is 0.862. The van der Waals surface area contributed by atoms with Crippen LogP contribution in [-0.2, 0) is 11.3 Å². The number of benzene rings is 1. The van der Waals surface area contributed by atoms with Gasteiger partial charge >= 0.3 is 0 Å². The summed E-state index contributed by atoms with van der Waals surface area (Å²) in [7, 11) is 0. The van der Waals surface area contributed by atoms with Crippen LogP contribution < -0.4 is 10.6 Å². The predicted octanol–water partition coefficient (Wildman–Crippen LogP) is 2.02. The summed E-state index contributed by atoms with van der Waals surface area (Å²) >= 11 is 0. The van der Waals surface area contributed by atoms with Crippen molar-refractivity contribution in [3.8, 4) is 0 Å². The van der Waals surface area contributed by atoms with Crippen molar-refractivity contribution in [2.24, 2.45) is 0 Å². The molecule has 0 aliphatic heterocycles. The molecule has 2 aromatic rings. The predicted molar refractivity (Wildman–Crippen MR) is 72.8 cm³/mol. The summed E-state index contributed by atoms with van der Waals surface area (Å²) in [6, 6.07) is 9.38. The molecule has 100 valence electrons. The molecule has 1 aromatic carbocycles. The number of hydrogen-bond donors (Lipinski definition) is 2. The molecule has 1 aromatic heterocycles. The number of hydrogen-bond acceptors (Lipinski definition) is 4. The van der Waals surface area contributed by atoms with E-state index < -0.39 is 0 Å².